The van der Waals surface area contributed by atoms with Gasteiger partial charge in [0.15, 0.2) is 5.69 Å². The zero-order valence-corrected chi connectivity index (χ0v) is 12.1. The Kier molecular flexibility index (Phi) is 4.42. The second kappa shape index (κ2) is 6.25. The van der Waals surface area contributed by atoms with Crippen LogP contribution in [0.1, 0.15) is 30.8 Å². The van der Waals surface area contributed by atoms with Gasteiger partial charge in [-0.3, -0.25) is 14.7 Å². The molecule has 0 aliphatic carbocycles. The largest absolute Gasteiger partial charge is 0.399 e. The molecule has 0 aliphatic rings. The van der Waals surface area contributed by atoms with Crippen LogP contribution in [0.3, 0.4) is 0 Å². The molecule has 2 amide bonds. The first-order valence-electron chi connectivity index (χ1n) is 6.85. The van der Waals surface area contributed by atoms with E-state index in [-0.39, 0.29) is 11.6 Å². The smallest absolute Gasteiger partial charge is 0.273 e. The molecule has 5 N–H and O–H groups in total. The summed E-state index contributed by atoms with van der Waals surface area (Å²) in [6, 6.07) is 4.53. The van der Waals surface area contributed by atoms with Crippen molar-refractivity contribution in [1.82, 2.24) is 20.8 Å². The Hall–Kier alpha value is -2.57. The molecule has 0 aliphatic heterocycles. The number of nitrogen functional groups attached to an aromatic ring is 1. The second-order valence-corrected chi connectivity index (χ2v) is 4.86. The summed E-state index contributed by atoms with van der Waals surface area (Å²) in [6.07, 6.45) is 0.843. The molecule has 1 atom stereocenters. The number of fused-ring (bicyclic) bond motifs is 1. The van der Waals surface area contributed by atoms with Crippen molar-refractivity contribution in [3.8, 4) is 0 Å². The Morgan fingerprint density at radius 2 is 2.19 bits per heavy atom. The van der Waals surface area contributed by atoms with E-state index in [4.69, 9.17) is 5.73 Å². The monoisotopic (exact) mass is 289 g/mol. The minimum Gasteiger partial charge on any atom is -0.399 e. The Bertz CT molecular complexity index is 664. The average Bonchev–Trinajstić information content (AvgIpc) is 2.87. The van der Waals surface area contributed by atoms with Crippen LogP contribution < -0.4 is 16.4 Å². The van der Waals surface area contributed by atoms with Gasteiger partial charge in [0, 0.05) is 17.6 Å². The van der Waals surface area contributed by atoms with Gasteiger partial charge in [0.05, 0.1) is 5.52 Å². The maximum Gasteiger partial charge on any atom is 0.273 e. The molecule has 1 heterocycles. The molecular formula is C14H19N5O2. The van der Waals surface area contributed by atoms with Crippen molar-refractivity contribution in [3.63, 3.8) is 0 Å². The molecule has 0 bridgehead atoms. The van der Waals surface area contributed by atoms with Crippen LogP contribution in [-0.2, 0) is 4.79 Å². The molecule has 0 spiro atoms. The van der Waals surface area contributed by atoms with Gasteiger partial charge in [-0.05, 0) is 31.5 Å². The van der Waals surface area contributed by atoms with Gasteiger partial charge in [-0.15, -0.1) is 0 Å². The van der Waals surface area contributed by atoms with Crippen molar-refractivity contribution in [2.24, 2.45) is 0 Å². The van der Waals surface area contributed by atoms with Crippen molar-refractivity contribution in [1.29, 1.82) is 0 Å². The first-order chi connectivity index (χ1) is 10.0. The topological polar surface area (TPSA) is 113 Å². The lowest BCUT2D eigenvalue weighted by atomic mass is 10.1. The van der Waals surface area contributed by atoms with E-state index in [1.807, 2.05) is 6.92 Å². The SMILES string of the molecule is CCCNC(=O)C(C)NC(=O)c1n[nH]c2ccc(N)cc12. The summed E-state index contributed by atoms with van der Waals surface area (Å²) in [6.45, 7) is 4.18. The van der Waals surface area contributed by atoms with Crippen molar-refractivity contribution >= 4 is 28.4 Å². The zero-order chi connectivity index (χ0) is 15.4. The van der Waals surface area contributed by atoms with E-state index >= 15 is 0 Å². The lowest BCUT2D eigenvalue weighted by Gasteiger charge is -2.13. The third kappa shape index (κ3) is 3.31. The fraction of sp³-hybridized carbons (Fsp3) is 0.357. The zero-order valence-electron chi connectivity index (χ0n) is 12.1. The van der Waals surface area contributed by atoms with Gasteiger partial charge < -0.3 is 16.4 Å². The first kappa shape index (κ1) is 14.8. The highest BCUT2D eigenvalue weighted by Crippen LogP contribution is 2.18. The predicted molar refractivity (Wildman–Crippen MR) is 80.7 cm³/mol. The lowest BCUT2D eigenvalue weighted by Crippen LogP contribution is -2.45. The fourth-order valence-electron chi connectivity index (χ4n) is 1.94. The number of aromatic nitrogens is 2. The van der Waals surface area contributed by atoms with E-state index in [1.54, 1.807) is 25.1 Å². The number of hydrogen-bond acceptors (Lipinski definition) is 4. The van der Waals surface area contributed by atoms with Gasteiger partial charge in [-0.1, -0.05) is 6.92 Å². The van der Waals surface area contributed by atoms with Crippen molar-refractivity contribution in [2.75, 3.05) is 12.3 Å². The highest BCUT2D eigenvalue weighted by molar-refractivity contribution is 6.06. The Labute approximate surface area is 122 Å². The third-order valence-electron chi connectivity index (χ3n) is 3.09. The number of amides is 2. The summed E-state index contributed by atoms with van der Waals surface area (Å²) < 4.78 is 0. The average molecular weight is 289 g/mol. The van der Waals surface area contributed by atoms with Gasteiger partial charge in [-0.25, -0.2) is 0 Å². The Morgan fingerprint density at radius 3 is 2.90 bits per heavy atom. The number of rotatable bonds is 5. The molecule has 2 aromatic rings. The number of nitrogens with two attached hydrogens (primary N) is 1. The summed E-state index contributed by atoms with van der Waals surface area (Å²) >= 11 is 0. The van der Waals surface area contributed by atoms with Crippen LogP contribution >= 0.6 is 0 Å². The van der Waals surface area contributed by atoms with Crippen LogP contribution in [0.15, 0.2) is 18.2 Å². The number of benzene rings is 1. The molecule has 112 valence electrons. The number of aromatic amines is 1. The normalized spacial score (nSPS) is 12.1. The molecule has 1 aromatic carbocycles. The Balaban J connectivity index is 2.12. The number of nitrogens with one attached hydrogen (secondary N) is 3. The molecule has 1 aromatic heterocycles. The van der Waals surface area contributed by atoms with E-state index in [9.17, 15) is 9.59 Å². The minimum absolute atomic E-state index is 0.218. The van der Waals surface area contributed by atoms with Gasteiger partial charge in [0.25, 0.3) is 5.91 Å². The predicted octanol–water partition coefficient (Wildman–Crippen LogP) is 0.790. The summed E-state index contributed by atoms with van der Waals surface area (Å²) in [4.78, 5) is 24.0. The third-order valence-corrected chi connectivity index (χ3v) is 3.09. The van der Waals surface area contributed by atoms with Crippen molar-refractivity contribution in [2.45, 2.75) is 26.3 Å². The number of hydrogen-bond donors (Lipinski definition) is 4. The first-order valence-corrected chi connectivity index (χ1v) is 6.85. The summed E-state index contributed by atoms with van der Waals surface area (Å²) in [5.41, 5.74) is 7.22. The molecule has 7 heteroatoms. The van der Waals surface area contributed by atoms with Crippen LogP contribution in [0.4, 0.5) is 5.69 Å². The number of nitrogens with zero attached hydrogens (tertiary/aromatic N) is 1. The van der Waals surface area contributed by atoms with Gasteiger partial charge in [0.2, 0.25) is 5.91 Å². The lowest BCUT2D eigenvalue weighted by molar-refractivity contribution is -0.122. The number of carbonyl (C=O) groups excluding carboxylic acids is 2. The maximum atomic E-state index is 12.2. The maximum absolute atomic E-state index is 12.2. The van der Waals surface area contributed by atoms with Crippen molar-refractivity contribution in [3.05, 3.63) is 23.9 Å². The quantitative estimate of drug-likeness (QED) is 0.609. The van der Waals surface area contributed by atoms with Gasteiger partial charge in [0.1, 0.15) is 6.04 Å². The molecule has 21 heavy (non-hydrogen) atoms. The molecule has 7 nitrogen and oxygen atoms in total. The highest BCUT2D eigenvalue weighted by atomic mass is 16.2. The molecule has 1 unspecified atom stereocenters. The van der Waals surface area contributed by atoms with E-state index in [0.717, 1.165) is 11.9 Å². The van der Waals surface area contributed by atoms with Gasteiger partial charge >= 0.3 is 0 Å². The van der Waals surface area contributed by atoms with E-state index in [1.165, 1.54) is 0 Å². The summed E-state index contributed by atoms with van der Waals surface area (Å²) in [5, 5.41) is 12.7. The van der Waals surface area contributed by atoms with Crippen LogP contribution in [0.5, 0.6) is 0 Å². The molecule has 0 fully saturated rings. The standard InChI is InChI=1S/C14H19N5O2/c1-3-6-16-13(20)8(2)17-14(21)12-10-7-9(15)4-5-11(10)18-19-12/h4-5,7-8H,3,6,15H2,1-2H3,(H,16,20)(H,17,21)(H,18,19). The highest BCUT2D eigenvalue weighted by Gasteiger charge is 2.19. The van der Waals surface area contributed by atoms with Crippen LogP contribution in [0.25, 0.3) is 10.9 Å². The second-order valence-electron chi connectivity index (χ2n) is 4.86. The van der Waals surface area contributed by atoms with E-state index in [2.05, 4.69) is 20.8 Å². The fourth-order valence-corrected chi connectivity index (χ4v) is 1.94. The van der Waals surface area contributed by atoms with Crippen molar-refractivity contribution < 1.29 is 9.59 Å². The van der Waals surface area contributed by atoms with Crippen LogP contribution in [0, 0.1) is 0 Å². The minimum atomic E-state index is -0.628. The summed E-state index contributed by atoms with van der Waals surface area (Å²) in [7, 11) is 0. The summed E-state index contributed by atoms with van der Waals surface area (Å²) in [5.74, 6) is -0.629. The molecule has 0 saturated heterocycles. The number of anilines is 1. The van der Waals surface area contributed by atoms with E-state index in [0.29, 0.717) is 17.6 Å². The molecule has 2 rings (SSSR count). The molecule has 0 saturated carbocycles. The number of carbonyl (C=O) groups is 2. The van der Waals surface area contributed by atoms with Crippen LogP contribution in [0.2, 0.25) is 0 Å². The molecule has 0 radical (unpaired) electrons. The van der Waals surface area contributed by atoms with Crippen LogP contribution in [-0.4, -0.2) is 34.6 Å². The van der Waals surface area contributed by atoms with Gasteiger partial charge in [-0.2, -0.15) is 5.10 Å². The molecular weight excluding hydrogens is 270 g/mol. The number of H-pyrrole nitrogens is 1. The van der Waals surface area contributed by atoms with E-state index < -0.39 is 11.9 Å². The Morgan fingerprint density at radius 1 is 1.43 bits per heavy atom.